The van der Waals surface area contributed by atoms with Crippen LogP contribution in [0.2, 0.25) is 0 Å². The van der Waals surface area contributed by atoms with E-state index in [0.717, 1.165) is 25.9 Å². The number of carbonyl (C=O) groups excluding carboxylic acids is 1. The maximum atomic E-state index is 11.8. The topological polar surface area (TPSA) is 53.6 Å². The van der Waals surface area contributed by atoms with Gasteiger partial charge in [0.15, 0.2) is 0 Å². The molecule has 1 saturated heterocycles. The summed E-state index contributed by atoms with van der Waals surface area (Å²) in [5.74, 6) is 0. The Kier molecular flexibility index (Phi) is 3.08. The molecule has 1 spiro atoms. The van der Waals surface area contributed by atoms with Gasteiger partial charge in [0.05, 0.1) is 0 Å². The molecule has 1 saturated carbocycles. The maximum Gasteiger partial charge on any atom is 0.410 e. The normalized spacial score (nSPS) is 23.2. The minimum atomic E-state index is -0.393. The Morgan fingerprint density at radius 3 is 2.41 bits per heavy atom. The summed E-state index contributed by atoms with van der Waals surface area (Å²) < 4.78 is 5.34. The number of likely N-dealkylation sites (tertiary alicyclic amines) is 1. The van der Waals surface area contributed by atoms with Gasteiger partial charge in [0.1, 0.15) is 5.60 Å². The van der Waals surface area contributed by atoms with Gasteiger partial charge in [-0.25, -0.2) is 4.79 Å². The average molecular weight is 241 g/mol. The molecule has 0 bridgehead atoms. The Morgan fingerprint density at radius 1 is 1.35 bits per heavy atom. The fourth-order valence-corrected chi connectivity index (χ4v) is 2.77. The summed E-state index contributed by atoms with van der Waals surface area (Å²) in [6.45, 7) is 7.40. The fourth-order valence-electron chi connectivity index (χ4n) is 2.77. The van der Waals surface area contributed by atoms with Crippen molar-refractivity contribution >= 4 is 6.09 Å². The number of carbonyl (C=O) groups is 1. The highest BCUT2D eigenvalue weighted by Crippen LogP contribution is 2.48. The molecule has 1 aliphatic heterocycles. The van der Waals surface area contributed by atoms with Crippen LogP contribution in [0, 0.1) is 5.41 Å². The number of hydrogen-bond donors (Lipinski definition) is 2. The molecule has 2 rings (SSSR count). The van der Waals surface area contributed by atoms with E-state index in [1.54, 1.807) is 4.90 Å². The Labute approximate surface area is 103 Å². The van der Waals surface area contributed by atoms with E-state index in [0.29, 0.717) is 11.5 Å². The second-order valence-electron chi connectivity index (χ2n) is 6.34. The molecule has 0 atom stereocenters. The molecule has 1 aliphatic carbocycles. The van der Waals surface area contributed by atoms with Crippen molar-refractivity contribution in [1.29, 1.82) is 0 Å². The Bertz CT molecular complexity index is 297. The second-order valence-corrected chi connectivity index (χ2v) is 6.34. The lowest BCUT2D eigenvalue weighted by Crippen LogP contribution is -2.68. The van der Waals surface area contributed by atoms with Crippen LogP contribution in [-0.4, -0.2) is 42.8 Å². The lowest BCUT2D eigenvalue weighted by molar-refractivity contribution is -0.0844. The van der Waals surface area contributed by atoms with Gasteiger partial charge in [-0.05, 0) is 40.7 Å². The van der Waals surface area contributed by atoms with Crippen LogP contribution in [0.5, 0.6) is 0 Å². The van der Waals surface area contributed by atoms with Crippen LogP contribution in [0.4, 0.5) is 4.79 Å². The van der Waals surface area contributed by atoms with E-state index in [2.05, 4.69) is 10.9 Å². The molecule has 5 heteroatoms. The number of rotatable bonds is 2. The zero-order chi connectivity index (χ0) is 12.7. The maximum absolute atomic E-state index is 11.8. The first kappa shape index (κ1) is 12.6. The smallest absolute Gasteiger partial charge is 0.410 e. The van der Waals surface area contributed by atoms with Crippen LogP contribution >= 0.6 is 0 Å². The van der Waals surface area contributed by atoms with E-state index < -0.39 is 5.60 Å². The highest BCUT2D eigenvalue weighted by molar-refractivity contribution is 5.69. The van der Waals surface area contributed by atoms with Crippen LogP contribution in [0.15, 0.2) is 0 Å². The highest BCUT2D eigenvalue weighted by atomic mass is 16.6. The van der Waals surface area contributed by atoms with Crippen LogP contribution in [-0.2, 0) is 4.74 Å². The number of hydrogen-bond acceptors (Lipinski definition) is 4. The summed E-state index contributed by atoms with van der Waals surface area (Å²) >= 11 is 0. The van der Waals surface area contributed by atoms with E-state index in [-0.39, 0.29) is 6.09 Å². The molecule has 1 amide bonds. The van der Waals surface area contributed by atoms with Crippen molar-refractivity contribution in [3.8, 4) is 0 Å². The molecule has 2 N–H and O–H groups in total. The van der Waals surface area contributed by atoms with Crippen LogP contribution < -0.4 is 10.9 Å². The first-order chi connectivity index (χ1) is 7.84. The zero-order valence-electron chi connectivity index (χ0n) is 11.2. The SMILES string of the molecule is CNNC1CC2(C1)CN(C(=O)OC(C)(C)C)C2. The number of ether oxygens (including phenoxy) is 1. The van der Waals surface area contributed by atoms with E-state index in [4.69, 9.17) is 4.74 Å². The monoisotopic (exact) mass is 241 g/mol. The van der Waals surface area contributed by atoms with Crippen molar-refractivity contribution in [1.82, 2.24) is 15.8 Å². The van der Waals surface area contributed by atoms with Gasteiger partial charge in [-0.3, -0.25) is 10.9 Å². The van der Waals surface area contributed by atoms with Gasteiger partial charge in [0.2, 0.25) is 0 Å². The molecular weight excluding hydrogens is 218 g/mol. The summed E-state index contributed by atoms with van der Waals surface area (Å²) in [6, 6.07) is 0.556. The lowest BCUT2D eigenvalue weighted by Gasteiger charge is -2.58. The van der Waals surface area contributed by atoms with Gasteiger partial charge >= 0.3 is 6.09 Å². The molecular formula is C12H23N3O2. The lowest BCUT2D eigenvalue weighted by atomic mass is 9.61. The Balaban J connectivity index is 1.71. The Hall–Kier alpha value is -0.810. The van der Waals surface area contributed by atoms with E-state index in [1.807, 2.05) is 27.8 Å². The summed E-state index contributed by atoms with van der Waals surface area (Å²) in [7, 11) is 1.89. The quantitative estimate of drug-likeness (QED) is 0.711. The number of amides is 1. The van der Waals surface area contributed by atoms with Crippen LogP contribution in [0.1, 0.15) is 33.6 Å². The van der Waals surface area contributed by atoms with E-state index >= 15 is 0 Å². The van der Waals surface area contributed by atoms with Gasteiger partial charge < -0.3 is 9.64 Å². The molecule has 0 radical (unpaired) electrons. The molecule has 1 heterocycles. The summed E-state index contributed by atoms with van der Waals surface area (Å²) in [5.41, 5.74) is 6.14. The predicted molar refractivity (Wildman–Crippen MR) is 65.5 cm³/mol. The van der Waals surface area contributed by atoms with Gasteiger partial charge in [-0.2, -0.15) is 0 Å². The van der Waals surface area contributed by atoms with Gasteiger partial charge in [-0.15, -0.1) is 0 Å². The molecule has 2 fully saturated rings. The third kappa shape index (κ3) is 2.72. The molecule has 98 valence electrons. The highest BCUT2D eigenvalue weighted by Gasteiger charge is 2.54. The molecule has 17 heavy (non-hydrogen) atoms. The first-order valence-corrected chi connectivity index (χ1v) is 6.24. The number of hydrazine groups is 1. The molecule has 0 aromatic rings. The summed E-state index contributed by atoms with van der Waals surface area (Å²) in [4.78, 5) is 13.6. The van der Waals surface area contributed by atoms with Crippen LogP contribution in [0.25, 0.3) is 0 Å². The molecule has 0 unspecified atom stereocenters. The number of nitrogens with one attached hydrogen (secondary N) is 2. The van der Waals surface area contributed by atoms with Gasteiger partial charge in [-0.1, -0.05) is 0 Å². The van der Waals surface area contributed by atoms with Crippen molar-refractivity contribution in [2.45, 2.75) is 45.3 Å². The minimum Gasteiger partial charge on any atom is -0.444 e. The average Bonchev–Trinajstić information content (AvgIpc) is 2.03. The third-order valence-corrected chi connectivity index (χ3v) is 3.41. The number of nitrogens with zero attached hydrogens (tertiary/aromatic N) is 1. The predicted octanol–water partition coefficient (Wildman–Crippen LogP) is 1.11. The molecule has 0 aromatic carbocycles. The first-order valence-electron chi connectivity index (χ1n) is 6.24. The summed E-state index contributed by atoms with van der Waals surface area (Å²) in [5, 5.41) is 0. The molecule has 2 aliphatic rings. The largest absolute Gasteiger partial charge is 0.444 e. The Morgan fingerprint density at radius 2 is 1.94 bits per heavy atom. The third-order valence-electron chi connectivity index (χ3n) is 3.41. The molecule has 5 nitrogen and oxygen atoms in total. The fraction of sp³-hybridized carbons (Fsp3) is 0.917. The summed E-state index contributed by atoms with van der Waals surface area (Å²) in [6.07, 6.45) is 2.12. The zero-order valence-corrected chi connectivity index (χ0v) is 11.2. The standard InChI is InChI=1S/C12H23N3O2/c1-11(2,3)17-10(16)15-7-12(8-15)5-9(6-12)14-13-4/h9,13-14H,5-8H2,1-4H3. The second kappa shape index (κ2) is 4.14. The van der Waals surface area contributed by atoms with E-state index in [1.165, 1.54) is 0 Å². The van der Waals surface area contributed by atoms with E-state index in [9.17, 15) is 4.79 Å². The van der Waals surface area contributed by atoms with Crippen molar-refractivity contribution in [2.24, 2.45) is 5.41 Å². The minimum absolute atomic E-state index is 0.173. The van der Waals surface area contributed by atoms with Gasteiger partial charge in [0.25, 0.3) is 0 Å². The van der Waals surface area contributed by atoms with Gasteiger partial charge in [0, 0.05) is 24.5 Å². The van der Waals surface area contributed by atoms with Crippen molar-refractivity contribution in [2.75, 3.05) is 20.1 Å². The van der Waals surface area contributed by atoms with Crippen LogP contribution in [0.3, 0.4) is 0 Å². The van der Waals surface area contributed by atoms with Crippen molar-refractivity contribution < 1.29 is 9.53 Å². The van der Waals surface area contributed by atoms with Crippen molar-refractivity contribution in [3.63, 3.8) is 0 Å². The molecule has 0 aromatic heterocycles. The van der Waals surface area contributed by atoms with Crippen molar-refractivity contribution in [3.05, 3.63) is 0 Å².